The summed E-state index contributed by atoms with van der Waals surface area (Å²) >= 11 is 0. The summed E-state index contributed by atoms with van der Waals surface area (Å²) in [6.45, 7) is 0. The van der Waals surface area contributed by atoms with Crippen molar-refractivity contribution in [2.45, 2.75) is 19.3 Å². The smallest absolute Gasteiger partial charge is 0.174 e. The van der Waals surface area contributed by atoms with E-state index in [1.807, 2.05) is 18.2 Å². The lowest BCUT2D eigenvalue weighted by atomic mass is 9.85. The molecule has 17 heavy (non-hydrogen) atoms. The molecule has 2 atom stereocenters. The van der Waals surface area contributed by atoms with Crippen LogP contribution in [0.25, 0.3) is 0 Å². The summed E-state index contributed by atoms with van der Waals surface area (Å²) in [5.41, 5.74) is 1.86. The number of fused-ring (bicyclic) bond motifs is 1. The second-order valence-electron chi connectivity index (χ2n) is 4.83. The molecule has 0 amide bonds. The van der Waals surface area contributed by atoms with E-state index in [1.165, 1.54) is 5.57 Å². The van der Waals surface area contributed by atoms with Crippen molar-refractivity contribution in [3.05, 3.63) is 47.5 Å². The van der Waals surface area contributed by atoms with Gasteiger partial charge in [0.05, 0.1) is 5.92 Å². The molecule has 0 aliphatic heterocycles. The maximum Gasteiger partial charge on any atom is 0.174 e. The summed E-state index contributed by atoms with van der Waals surface area (Å²) in [4.78, 5) is 24.3. The maximum atomic E-state index is 12.3. The Labute approximate surface area is 100 Å². The zero-order valence-corrected chi connectivity index (χ0v) is 9.56. The molecule has 0 saturated heterocycles. The molecule has 86 valence electrons. The number of allylic oxidation sites excluding steroid dienone is 2. The van der Waals surface area contributed by atoms with E-state index in [9.17, 15) is 9.59 Å². The van der Waals surface area contributed by atoms with Crippen LogP contribution >= 0.6 is 0 Å². The third kappa shape index (κ3) is 1.64. The molecule has 2 heteroatoms. The summed E-state index contributed by atoms with van der Waals surface area (Å²) in [5, 5.41) is 0. The zero-order chi connectivity index (χ0) is 11.8. The van der Waals surface area contributed by atoms with Crippen LogP contribution in [0.4, 0.5) is 0 Å². The Hall–Kier alpha value is -1.70. The fourth-order valence-electron chi connectivity index (χ4n) is 3.02. The predicted octanol–water partition coefficient (Wildman–Crippen LogP) is 2.79. The average molecular weight is 226 g/mol. The number of Topliss-reactive ketones (excluding diaryl/α,β-unsaturated/α-hetero) is 1. The normalized spacial score (nSPS) is 26.8. The third-order valence-corrected chi connectivity index (χ3v) is 3.83. The number of carbonyl (C=O) groups excluding carboxylic acids is 2. The highest BCUT2D eigenvalue weighted by Crippen LogP contribution is 2.42. The van der Waals surface area contributed by atoms with Crippen LogP contribution in [0.3, 0.4) is 0 Å². The van der Waals surface area contributed by atoms with E-state index in [0.29, 0.717) is 5.56 Å². The molecule has 2 aliphatic rings. The van der Waals surface area contributed by atoms with Crippen LogP contribution in [0.2, 0.25) is 0 Å². The van der Waals surface area contributed by atoms with Gasteiger partial charge in [-0.2, -0.15) is 0 Å². The minimum absolute atomic E-state index is 0.00579. The fraction of sp³-hybridized carbons (Fsp3) is 0.333. The van der Waals surface area contributed by atoms with Gasteiger partial charge in [-0.25, -0.2) is 0 Å². The van der Waals surface area contributed by atoms with Gasteiger partial charge in [0.1, 0.15) is 0 Å². The van der Waals surface area contributed by atoms with Gasteiger partial charge in [0.15, 0.2) is 11.6 Å². The first-order valence-electron chi connectivity index (χ1n) is 6.11. The van der Waals surface area contributed by atoms with E-state index >= 15 is 0 Å². The molecule has 1 fully saturated rings. The Morgan fingerprint density at radius 2 is 1.94 bits per heavy atom. The van der Waals surface area contributed by atoms with Crippen molar-refractivity contribution in [3.63, 3.8) is 0 Å². The number of benzene rings is 1. The van der Waals surface area contributed by atoms with E-state index < -0.39 is 5.92 Å². The Balaban J connectivity index is 1.91. The second kappa shape index (κ2) is 3.95. The first-order valence-corrected chi connectivity index (χ1v) is 6.11. The van der Waals surface area contributed by atoms with Gasteiger partial charge in [0, 0.05) is 5.56 Å². The summed E-state index contributed by atoms with van der Waals surface area (Å²) in [5.74, 6) is -0.239. The van der Waals surface area contributed by atoms with Gasteiger partial charge in [-0.05, 0) is 31.3 Å². The maximum absolute atomic E-state index is 12.3. The van der Waals surface area contributed by atoms with Crippen molar-refractivity contribution in [2.24, 2.45) is 11.8 Å². The molecular formula is C15H14O2. The van der Waals surface area contributed by atoms with Gasteiger partial charge in [-0.15, -0.1) is 0 Å². The molecule has 0 aromatic heterocycles. The highest BCUT2D eigenvalue weighted by Gasteiger charge is 2.42. The van der Waals surface area contributed by atoms with Gasteiger partial charge in [0.2, 0.25) is 0 Å². The van der Waals surface area contributed by atoms with Gasteiger partial charge in [0.25, 0.3) is 0 Å². The van der Waals surface area contributed by atoms with Crippen molar-refractivity contribution in [1.29, 1.82) is 0 Å². The Morgan fingerprint density at radius 1 is 1.18 bits per heavy atom. The number of rotatable bonds is 2. The molecular weight excluding hydrogens is 212 g/mol. The van der Waals surface area contributed by atoms with Crippen molar-refractivity contribution in [3.8, 4) is 0 Å². The molecule has 3 rings (SSSR count). The van der Waals surface area contributed by atoms with Crippen molar-refractivity contribution >= 4 is 11.6 Å². The molecule has 0 N–H and O–H groups in total. The molecule has 2 nitrogen and oxygen atoms in total. The Morgan fingerprint density at radius 3 is 2.71 bits per heavy atom. The van der Waals surface area contributed by atoms with Crippen molar-refractivity contribution < 1.29 is 9.59 Å². The molecule has 0 heterocycles. The largest absolute Gasteiger partial charge is 0.294 e. The van der Waals surface area contributed by atoms with Crippen molar-refractivity contribution in [2.75, 3.05) is 0 Å². The van der Waals surface area contributed by atoms with E-state index in [4.69, 9.17) is 0 Å². The monoisotopic (exact) mass is 226 g/mol. The number of hydrogen-bond acceptors (Lipinski definition) is 2. The minimum Gasteiger partial charge on any atom is -0.294 e. The summed E-state index contributed by atoms with van der Waals surface area (Å²) in [7, 11) is 0. The molecule has 0 radical (unpaired) electrons. The molecule has 0 bridgehead atoms. The molecule has 1 aromatic rings. The average Bonchev–Trinajstić information content (AvgIpc) is 2.89. The lowest BCUT2D eigenvalue weighted by Crippen LogP contribution is -2.25. The standard InChI is InChI=1S/C15H14O2/c16-13-9-11-7-4-8-12(11)14(13)15(17)10-5-2-1-3-6-10/h1-3,5-6,9,12,14H,4,7-8H2/t12-,14-/m0/s1. The molecule has 2 aliphatic carbocycles. The van der Waals surface area contributed by atoms with Crippen LogP contribution in [0.1, 0.15) is 29.6 Å². The zero-order valence-electron chi connectivity index (χ0n) is 9.56. The lowest BCUT2D eigenvalue weighted by molar-refractivity contribution is -0.116. The Kier molecular flexibility index (Phi) is 2.43. The fourth-order valence-corrected chi connectivity index (χ4v) is 3.02. The van der Waals surface area contributed by atoms with E-state index in [1.54, 1.807) is 18.2 Å². The highest BCUT2D eigenvalue weighted by atomic mass is 16.2. The number of ketones is 2. The second-order valence-corrected chi connectivity index (χ2v) is 4.83. The quantitative estimate of drug-likeness (QED) is 0.574. The summed E-state index contributed by atoms with van der Waals surface area (Å²) < 4.78 is 0. The van der Waals surface area contributed by atoms with Gasteiger partial charge in [-0.3, -0.25) is 9.59 Å². The van der Waals surface area contributed by atoms with Gasteiger partial charge < -0.3 is 0 Å². The summed E-state index contributed by atoms with van der Waals surface area (Å²) in [6, 6.07) is 9.16. The van der Waals surface area contributed by atoms with Crippen molar-refractivity contribution in [1.82, 2.24) is 0 Å². The molecule has 0 unspecified atom stereocenters. The third-order valence-electron chi connectivity index (χ3n) is 3.83. The Bertz CT molecular complexity index is 499. The van der Waals surface area contributed by atoms with E-state index in [-0.39, 0.29) is 17.5 Å². The predicted molar refractivity (Wildman–Crippen MR) is 64.7 cm³/mol. The summed E-state index contributed by atoms with van der Waals surface area (Å²) in [6.07, 6.45) is 4.81. The highest BCUT2D eigenvalue weighted by molar-refractivity contribution is 6.16. The van der Waals surface area contributed by atoms with E-state index in [2.05, 4.69) is 0 Å². The SMILES string of the molecule is O=C1C=C2CCC[C@@H]2[C@@H]1C(=O)c1ccccc1. The van der Waals surface area contributed by atoms with Crippen LogP contribution in [-0.2, 0) is 4.79 Å². The van der Waals surface area contributed by atoms with Crippen LogP contribution < -0.4 is 0 Å². The number of carbonyl (C=O) groups is 2. The van der Waals surface area contributed by atoms with Crippen LogP contribution in [0.15, 0.2) is 42.0 Å². The van der Waals surface area contributed by atoms with Gasteiger partial charge >= 0.3 is 0 Å². The first kappa shape index (κ1) is 10.5. The molecule has 0 spiro atoms. The molecule has 1 saturated carbocycles. The number of hydrogen-bond donors (Lipinski definition) is 0. The van der Waals surface area contributed by atoms with Crippen LogP contribution in [-0.4, -0.2) is 11.6 Å². The lowest BCUT2D eigenvalue weighted by Gasteiger charge is -2.15. The first-order chi connectivity index (χ1) is 8.27. The topological polar surface area (TPSA) is 34.1 Å². The molecule has 1 aromatic carbocycles. The van der Waals surface area contributed by atoms with Crippen LogP contribution in [0, 0.1) is 11.8 Å². The van der Waals surface area contributed by atoms with Gasteiger partial charge in [-0.1, -0.05) is 35.9 Å². The van der Waals surface area contributed by atoms with E-state index in [0.717, 1.165) is 19.3 Å². The minimum atomic E-state index is -0.435. The van der Waals surface area contributed by atoms with Crippen LogP contribution in [0.5, 0.6) is 0 Å².